The Hall–Kier alpha value is -1.75. The third-order valence-electron chi connectivity index (χ3n) is 3.79. The molecular formula is C21H28Cl2N2O2. The lowest BCUT2D eigenvalue weighted by Crippen LogP contribution is -2.43. The van der Waals surface area contributed by atoms with Crippen LogP contribution in [-0.2, 0) is 11.3 Å². The lowest BCUT2D eigenvalue weighted by Gasteiger charge is -2.21. The summed E-state index contributed by atoms with van der Waals surface area (Å²) in [4.78, 5) is 12.0. The molecule has 0 spiro atoms. The van der Waals surface area contributed by atoms with Crippen molar-refractivity contribution in [2.75, 3.05) is 6.61 Å². The first-order valence-corrected chi connectivity index (χ1v) is 9.13. The second-order valence-corrected chi connectivity index (χ2v) is 7.79. The first-order chi connectivity index (χ1) is 12.2. The Morgan fingerprint density at radius 2 is 1.81 bits per heavy atom. The normalized spacial score (nSPS) is 12.0. The zero-order valence-electron chi connectivity index (χ0n) is 16.2. The van der Waals surface area contributed by atoms with Gasteiger partial charge in [-0.25, -0.2) is 0 Å². The number of hydrogen-bond acceptors (Lipinski definition) is 3. The van der Waals surface area contributed by atoms with E-state index in [9.17, 15) is 4.79 Å². The number of carbonyl (C=O) groups is 1. The average Bonchev–Trinajstić information content (AvgIpc) is 2.58. The van der Waals surface area contributed by atoms with Gasteiger partial charge in [-0.1, -0.05) is 41.9 Å². The van der Waals surface area contributed by atoms with E-state index in [2.05, 4.69) is 29.7 Å². The summed E-state index contributed by atoms with van der Waals surface area (Å²) in [6.07, 6.45) is 0. The quantitative estimate of drug-likeness (QED) is 0.681. The van der Waals surface area contributed by atoms with Gasteiger partial charge in [-0.3, -0.25) is 4.79 Å². The van der Waals surface area contributed by atoms with Gasteiger partial charge in [0, 0.05) is 28.7 Å². The average molecular weight is 411 g/mol. The van der Waals surface area contributed by atoms with Crippen LogP contribution in [0.5, 0.6) is 5.75 Å². The zero-order chi connectivity index (χ0) is 19.2. The van der Waals surface area contributed by atoms with E-state index in [1.165, 1.54) is 5.56 Å². The molecule has 27 heavy (non-hydrogen) atoms. The molecule has 0 heterocycles. The molecule has 1 atom stereocenters. The van der Waals surface area contributed by atoms with Gasteiger partial charge < -0.3 is 15.4 Å². The molecule has 1 amide bonds. The van der Waals surface area contributed by atoms with Crippen molar-refractivity contribution in [3.05, 3.63) is 64.7 Å². The molecule has 2 rings (SSSR count). The predicted molar refractivity (Wildman–Crippen MR) is 114 cm³/mol. The molecular weight excluding hydrogens is 383 g/mol. The highest BCUT2D eigenvalue weighted by molar-refractivity contribution is 6.30. The molecule has 1 unspecified atom stereocenters. The molecule has 0 aliphatic rings. The number of ether oxygens (including phenoxy) is 1. The molecule has 0 saturated carbocycles. The summed E-state index contributed by atoms with van der Waals surface area (Å²) in [7, 11) is 0. The van der Waals surface area contributed by atoms with Crippen molar-refractivity contribution in [2.45, 2.75) is 45.8 Å². The number of nitrogens with one attached hydrogen (secondary N) is 2. The molecule has 0 saturated heterocycles. The number of halogens is 2. The summed E-state index contributed by atoms with van der Waals surface area (Å²) < 4.78 is 5.73. The van der Waals surface area contributed by atoms with Gasteiger partial charge in [0.1, 0.15) is 5.75 Å². The third-order valence-corrected chi connectivity index (χ3v) is 4.03. The molecule has 4 nitrogen and oxygen atoms in total. The van der Waals surface area contributed by atoms with Gasteiger partial charge in [-0.2, -0.15) is 0 Å². The molecule has 0 aliphatic heterocycles. The van der Waals surface area contributed by atoms with E-state index < -0.39 is 0 Å². The fraction of sp³-hybridized carbons (Fsp3) is 0.381. The summed E-state index contributed by atoms with van der Waals surface area (Å²) >= 11 is 6.14. The van der Waals surface area contributed by atoms with Crippen LogP contribution in [0.25, 0.3) is 0 Å². The van der Waals surface area contributed by atoms with Gasteiger partial charge in [0.25, 0.3) is 5.91 Å². The fourth-order valence-electron chi connectivity index (χ4n) is 2.55. The third kappa shape index (κ3) is 8.21. The van der Waals surface area contributed by atoms with E-state index in [-0.39, 0.29) is 36.5 Å². The summed E-state index contributed by atoms with van der Waals surface area (Å²) in [6, 6.07) is 15.8. The Balaban J connectivity index is 0.00000364. The van der Waals surface area contributed by atoms with Crippen molar-refractivity contribution < 1.29 is 9.53 Å². The molecule has 148 valence electrons. The number of rotatable bonds is 7. The maximum Gasteiger partial charge on any atom is 0.258 e. The summed E-state index contributed by atoms with van der Waals surface area (Å²) in [5.74, 6) is 0.509. The van der Waals surface area contributed by atoms with Crippen LogP contribution in [0, 0.1) is 0 Å². The molecule has 2 N–H and O–H groups in total. The highest BCUT2D eigenvalue weighted by Gasteiger charge is 2.15. The van der Waals surface area contributed by atoms with Gasteiger partial charge >= 0.3 is 0 Å². The van der Waals surface area contributed by atoms with E-state index in [0.717, 1.165) is 5.56 Å². The van der Waals surface area contributed by atoms with Gasteiger partial charge in [0.15, 0.2) is 6.61 Å². The topological polar surface area (TPSA) is 50.4 Å². The van der Waals surface area contributed by atoms with E-state index in [1.54, 1.807) is 12.1 Å². The van der Waals surface area contributed by atoms with Crippen molar-refractivity contribution in [1.29, 1.82) is 0 Å². The maximum absolute atomic E-state index is 12.0. The van der Waals surface area contributed by atoms with Crippen LogP contribution < -0.4 is 15.4 Å². The summed E-state index contributed by atoms with van der Waals surface area (Å²) in [5.41, 5.74) is 1.85. The number of amides is 1. The van der Waals surface area contributed by atoms with E-state index in [1.807, 2.05) is 45.0 Å². The van der Waals surface area contributed by atoms with Crippen molar-refractivity contribution in [1.82, 2.24) is 10.6 Å². The minimum atomic E-state index is -0.282. The SMILES string of the molecule is CC(NCc1cc(Cl)ccc1OCC(=O)NC(C)(C)C)c1ccccc1.Cl. The number of hydrogen-bond donors (Lipinski definition) is 2. The maximum atomic E-state index is 12.0. The van der Waals surface area contributed by atoms with E-state index in [0.29, 0.717) is 17.3 Å². The molecule has 0 aromatic heterocycles. The minimum Gasteiger partial charge on any atom is -0.483 e. The van der Waals surface area contributed by atoms with Crippen molar-refractivity contribution >= 4 is 29.9 Å². The zero-order valence-corrected chi connectivity index (χ0v) is 17.8. The number of carbonyl (C=O) groups excluding carboxylic acids is 1. The molecule has 0 fully saturated rings. The van der Waals surface area contributed by atoms with Crippen molar-refractivity contribution in [3.63, 3.8) is 0 Å². The first kappa shape index (κ1) is 23.3. The Bertz CT molecular complexity index is 731. The lowest BCUT2D eigenvalue weighted by molar-refractivity contribution is -0.124. The molecule has 0 bridgehead atoms. The second-order valence-electron chi connectivity index (χ2n) is 7.35. The standard InChI is InChI=1S/C21H27ClN2O2.ClH/c1-15(16-8-6-5-7-9-16)23-13-17-12-18(22)10-11-19(17)26-14-20(25)24-21(2,3)4;/h5-12,15,23H,13-14H2,1-4H3,(H,24,25);1H. The summed E-state index contributed by atoms with van der Waals surface area (Å²) in [5, 5.41) is 7.00. The van der Waals surface area contributed by atoms with Crippen molar-refractivity contribution in [2.24, 2.45) is 0 Å². The van der Waals surface area contributed by atoms with Crippen molar-refractivity contribution in [3.8, 4) is 5.75 Å². The second kappa shape index (κ2) is 10.5. The molecule has 0 aliphatic carbocycles. The van der Waals surface area contributed by atoms with Crippen LogP contribution in [0.4, 0.5) is 0 Å². The smallest absolute Gasteiger partial charge is 0.258 e. The molecule has 6 heteroatoms. The molecule has 2 aromatic rings. The fourth-order valence-corrected chi connectivity index (χ4v) is 2.74. The number of benzene rings is 2. The van der Waals surface area contributed by atoms with E-state index >= 15 is 0 Å². The molecule has 2 aromatic carbocycles. The Labute approximate surface area is 173 Å². The van der Waals surface area contributed by atoms with Crippen LogP contribution in [-0.4, -0.2) is 18.1 Å². The van der Waals surface area contributed by atoms with Gasteiger partial charge in [0.05, 0.1) is 0 Å². The van der Waals surface area contributed by atoms with Crippen LogP contribution in [0.3, 0.4) is 0 Å². The Morgan fingerprint density at radius 3 is 2.44 bits per heavy atom. The Kier molecular flexibility index (Phi) is 9.10. The molecule has 0 radical (unpaired) electrons. The van der Waals surface area contributed by atoms with E-state index in [4.69, 9.17) is 16.3 Å². The minimum absolute atomic E-state index is 0. The van der Waals surface area contributed by atoms with Gasteiger partial charge in [-0.05, 0) is 51.5 Å². The van der Waals surface area contributed by atoms with Gasteiger partial charge in [0.2, 0.25) is 0 Å². The van der Waals surface area contributed by atoms with Gasteiger partial charge in [-0.15, -0.1) is 12.4 Å². The largest absolute Gasteiger partial charge is 0.483 e. The van der Waals surface area contributed by atoms with Crippen LogP contribution in [0.1, 0.15) is 44.9 Å². The van der Waals surface area contributed by atoms with Crippen LogP contribution in [0.2, 0.25) is 5.02 Å². The highest BCUT2D eigenvalue weighted by atomic mass is 35.5. The predicted octanol–water partition coefficient (Wildman–Crippen LogP) is 4.91. The first-order valence-electron chi connectivity index (χ1n) is 8.75. The van der Waals surface area contributed by atoms with Crippen LogP contribution in [0.15, 0.2) is 48.5 Å². The highest BCUT2D eigenvalue weighted by Crippen LogP contribution is 2.24. The lowest BCUT2D eigenvalue weighted by atomic mass is 10.1. The Morgan fingerprint density at radius 1 is 1.15 bits per heavy atom. The monoisotopic (exact) mass is 410 g/mol. The van der Waals surface area contributed by atoms with Crippen LogP contribution >= 0.6 is 24.0 Å². The summed E-state index contributed by atoms with van der Waals surface area (Å²) in [6.45, 7) is 8.48.